The number of allylic oxidation sites excluding steroid dienone is 10. The molecule has 0 aromatic rings. The highest BCUT2D eigenvalue weighted by Crippen LogP contribution is 2.17. The molecule has 0 aliphatic rings. The van der Waals surface area contributed by atoms with Crippen molar-refractivity contribution in [3.63, 3.8) is 0 Å². The van der Waals surface area contributed by atoms with Crippen molar-refractivity contribution >= 4 is 17.9 Å². The zero-order valence-corrected chi connectivity index (χ0v) is 50.8. The lowest BCUT2D eigenvalue weighted by Crippen LogP contribution is -2.30. The van der Waals surface area contributed by atoms with E-state index >= 15 is 0 Å². The normalized spacial score (nSPS) is 12.4. The van der Waals surface area contributed by atoms with Gasteiger partial charge >= 0.3 is 17.9 Å². The van der Waals surface area contributed by atoms with Crippen molar-refractivity contribution in [1.82, 2.24) is 0 Å². The summed E-state index contributed by atoms with van der Waals surface area (Å²) in [7, 11) is 0. The molecule has 0 saturated heterocycles. The average Bonchev–Trinajstić information content (AvgIpc) is 3.42. The van der Waals surface area contributed by atoms with E-state index in [4.69, 9.17) is 14.2 Å². The molecule has 0 radical (unpaired) electrons. The van der Waals surface area contributed by atoms with Crippen LogP contribution in [0.1, 0.15) is 348 Å². The molecule has 76 heavy (non-hydrogen) atoms. The Morgan fingerprint density at radius 1 is 0.263 bits per heavy atom. The lowest BCUT2D eigenvalue weighted by Gasteiger charge is -2.18. The van der Waals surface area contributed by atoms with Crippen molar-refractivity contribution in [3.05, 3.63) is 60.8 Å². The number of rotatable bonds is 61. The lowest BCUT2D eigenvalue weighted by molar-refractivity contribution is -0.167. The Morgan fingerprint density at radius 2 is 0.474 bits per heavy atom. The molecule has 0 spiro atoms. The van der Waals surface area contributed by atoms with Crippen molar-refractivity contribution in [1.29, 1.82) is 0 Å². The van der Waals surface area contributed by atoms with Gasteiger partial charge in [0.15, 0.2) is 6.10 Å². The SMILES string of the molecule is CCCCCC/C=C\C/C=C\CCCCCCCCCC(=O)OCC(COC(=O)CCCCCCCC/C=C\C/C=C\C/C=C\CCCCCCC)OC(=O)CCCCCCCCCCCCCCCCCCCCC. The van der Waals surface area contributed by atoms with E-state index in [2.05, 4.69) is 81.5 Å². The Labute approximate surface area is 472 Å². The summed E-state index contributed by atoms with van der Waals surface area (Å²) in [5.41, 5.74) is 0. The van der Waals surface area contributed by atoms with Crippen molar-refractivity contribution < 1.29 is 28.6 Å². The van der Waals surface area contributed by atoms with Gasteiger partial charge in [0.05, 0.1) is 0 Å². The van der Waals surface area contributed by atoms with E-state index in [0.29, 0.717) is 19.3 Å². The van der Waals surface area contributed by atoms with Gasteiger partial charge in [0.1, 0.15) is 13.2 Å². The Morgan fingerprint density at radius 3 is 0.750 bits per heavy atom. The van der Waals surface area contributed by atoms with Crippen molar-refractivity contribution in [2.45, 2.75) is 354 Å². The summed E-state index contributed by atoms with van der Waals surface area (Å²) in [6.45, 7) is 6.65. The van der Waals surface area contributed by atoms with Crippen LogP contribution in [0.15, 0.2) is 60.8 Å². The Kier molecular flexibility index (Phi) is 62.2. The van der Waals surface area contributed by atoms with Gasteiger partial charge in [-0.15, -0.1) is 0 Å². The van der Waals surface area contributed by atoms with Crippen molar-refractivity contribution in [2.75, 3.05) is 13.2 Å². The number of unbranched alkanes of at least 4 members (excludes halogenated alkanes) is 40. The molecule has 6 heteroatoms. The van der Waals surface area contributed by atoms with Crippen LogP contribution in [0.5, 0.6) is 0 Å². The molecule has 0 heterocycles. The molecule has 442 valence electrons. The fourth-order valence-electron chi connectivity index (χ4n) is 9.72. The van der Waals surface area contributed by atoms with Gasteiger partial charge < -0.3 is 14.2 Å². The Hall–Kier alpha value is -2.89. The average molecular weight is 1060 g/mol. The van der Waals surface area contributed by atoms with Crippen LogP contribution in [0, 0.1) is 0 Å². The first-order valence-corrected chi connectivity index (χ1v) is 33.3. The summed E-state index contributed by atoms with van der Waals surface area (Å²) in [5.74, 6) is -0.878. The molecule has 6 nitrogen and oxygen atoms in total. The molecular weight excluding hydrogens is 937 g/mol. The van der Waals surface area contributed by atoms with Gasteiger partial charge in [-0.05, 0) is 89.9 Å². The molecule has 0 saturated carbocycles. The van der Waals surface area contributed by atoms with Crippen LogP contribution >= 0.6 is 0 Å². The second-order valence-electron chi connectivity index (χ2n) is 22.4. The third-order valence-electron chi connectivity index (χ3n) is 14.7. The second-order valence-corrected chi connectivity index (χ2v) is 22.4. The number of carbonyl (C=O) groups is 3. The van der Waals surface area contributed by atoms with Crippen molar-refractivity contribution in [3.8, 4) is 0 Å². The predicted molar refractivity (Wildman–Crippen MR) is 330 cm³/mol. The van der Waals surface area contributed by atoms with Gasteiger partial charge in [0.2, 0.25) is 0 Å². The molecule has 1 atom stereocenters. The third-order valence-corrected chi connectivity index (χ3v) is 14.7. The van der Waals surface area contributed by atoms with E-state index in [0.717, 1.165) is 89.9 Å². The van der Waals surface area contributed by atoms with E-state index in [1.165, 1.54) is 218 Å². The van der Waals surface area contributed by atoms with E-state index in [1.54, 1.807) is 0 Å². The molecule has 0 fully saturated rings. The fourth-order valence-corrected chi connectivity index (χ4v) is 9.72. The summed E-state index contributed by atoms with van der Waals surface area (Å²) in [6.07, 6.45) is 82.2. The van der Waals surface area contributed by atoms with Crippen LogP contribution in [0.3, 0.4) is 0 Å². The number of esters is 3. The van der Waals surface area contributed by atoms with E-state index in [1.807, 2.05) is 0 Å². The first-order valence-electron chi connectivity index (χ1n) is 33.3. The fraction of sp³-hybridized carbons (Fsp3) is 0.814. The number of hydrogen-bond donors (Lipinski definition) is 0. The number of carbonyl (C=O) groups excluding carboxylic acids is 3. The van der Waals surface area contributed by atoms with Crippen molar-refractivity contribution in [2.24, 2.45) is 0 Å². The minimum absolute atomic E-state index is 0.0797. The number of ether oxygens (including phenoxy) is 3. The summed E-state index contributed by atoms with van der Waals surface area (Å²) in [5, 5.41) is 0. The molecule has 0 aliphatic carbocycles. The summed E-state index contributed by atoms with van der Waals surface area (Å²) < 4.78 is 17.0. The van der Waals surface area contributed by atoms with E-state index in [9.17, 15) is 14.4 Å². The summed E-state index contributed by atoms with van der Waals surface area (Å²) in [6, 6.07) is 0. The minimum atomic E-state index is -0.783. The zero-order valence-electron chi connectivity index (χ0n) is 50.8. The summed E-state index contributed by atoms with van der Waals surface area (Å²) >= 11 is 0. The minimum Gasteiger partial charge on any atom is -0.462 e. The highest BCUT2D eigenvalue weighted by atomic mass is 16.6. The first-order chi connectivity index (χ1) is 37.5. The van der Waals surface area contributed by atoms with Gasteiger partial charge in [-0.1, -0.05) is 300 Å². The van der Waals surface area contributed by atoms with Gasteiger partial charge in [-0.3, -0.25) is 14.4 Å². The molecule has 0 aromatic carbocycles. The molecule has 1 unspecified atom stereocenters. The van der Waals surface area contributed by atoms with Gasteiger partial charge in [0, 0.05) is 19.3 Å². The predicted octanol–water partition coefficient (Wildman–Crippen LogP) is 22.7. The van der Waals surface area contributed by atoms with Crippen LogP contribution in [0.2, 0.25) is 0 Å². The van der Waals surface area contributed by atoms with Gasteiger partial charge in [-0.2, -0.15) is 0 Å². The maximum Gasteiger partial charge on any atom is 0.306 e. The Bertz CT molecular complexity index is 1360. The standard InChI is InChI=1S/C70H126O6/c1-4-7-10-13-16-19-22-25-28-31-34-35-37-39-42-45-48-51-54-57-60-63-69(72)75-66-67(65-74-68(71)62-59-56-53-50-47-44-41-38-33-30-27-24-21-18-15-12-9-6-3)76-70(73)64-61-58-55-52-49-46-43-40-36-32-29-26-23-20-17-14-11-8-5-2/h21-22,24-25,30-31,33-34,37,39,67H,4-20,23,26-29,32,35-36,38,40-66H2,1-3H3/b24-21-,25-22-,33-30-,34-31-,39-37-. The number of hydrogen-bond acceptors (Lipinski definition) is 6. The molecule has 0 aliphatic heterocycles. The first kappa shape index (κ1) is 73.1. The molecule has 0 N–H and O–H groups in total. The maximum absolute atomic E-state index is 12.9. The summed E-state index contributed by atoms with van der Waals surface area (Å²) in [4.78, 5) is 38.4. The molecule has 0 aromatic heterocycles. The van der Waals surface area contributed by atoms with Gasteiger partial charge in [0.25, 0.3) is 0 Å². The highest BCUT2D eigenvalue weighted by molar-refractivity contribution is 5.71. The topological polar surface area (TPSA) is 78.9 Å². The van der Waals surface area contributed by atoms with Crippen LogP contribution < -0.4 is 0 Å². The lowest BCUT2D eigenvalue weighted by atomic mass is 10.0. The highest BCUT2D eigenvalue weighted by Gasteiger charge is 2.19. The maximum atomic E-state index is 12.9. The zero-order chi connectivity index (χ0) is 55.0. The smallest absolute Gasteiger partial charge is 0.306 e. The quantitative estimate of drug-likeness (QED) is 0.0261. The van der Waals surface area contributed by atoms with Crippen LogP contribution in [0.25, 0.3) is 0 Å². The van der Waals surface area contributed by atoms with Crippen LogP contribution in [0.4, 0.5) is 0 Å². The monoisotopic (exact) mass is 1060 g/mol. The van der Waals surface area contributed by atoms with Gasteiger partial charge in [-0.25, -0.2) is 0 Å². The molecular formula is C70H126O6. The molecule has 0 amide bonds. The Balaban J connectivity index is 4.38. The van der Waals surface area contributed by atoms with Crippen LogP contribution in [-0.4, -0.2) is 37.2 Å². The van der Waals surface area contributed by atoms with E-state index in [-0.39, 0.29) is 31.1 Å². The third kappa shape index (κ3) is 62.0. The largest absolute Gasteiger partial charge is 0.462 e. The molecule has 0 rings (SSSR count). The molecule has 0 bridgehead atoms. The van der Waals surface area contributed by atoms with E-state index < -0.39 is 6.10 Å². The second kappa shape index (κ2) is 64.6. The van der Waals surface area contributed by atoms with Crippen LogP contribution in [-0.2, 0) is 28.6 Å².